The summed E-state index contributed by atoms with van der Waals surface area (Å²) >= 11 is 5.75. The smallest absolute Gasteiger partial charge is 0.278 e. The molecule has 0 unspecified atom stereocenters. The number of nitrogens with one attached hydrogen (secondary N) is 2. The number of imide groups is 1. The molecule has 0 atom stereocenters. The van der Waals surface area contributed by atoms with E-state index in [9.17, 15) is 9.59 Å². The average molecular weight is 296 g/mol. The number of rotatable bonds is 4. The zero-order valence-corrected chi connectivity index (χ0v) is 12.8. The van der Waals surface area contributed by atoms with Gasteiger partial charge in [0, 0.05) is 30.8 Å². The molecule has 1 heterocycles. The van der Waals surface area contributed by atoms with Gasteiger partial charge >= 0.3 is 0 Å². The second kappa shape index (κ2) is 6.52. The molecule has 0 aromatic rings. The first-order valence-electron chi connectivity index (χ1n) is 6.15. The molecule has 0 radical (unpaired) electrons. The maximum atomic E-state index is 11.9. The van der Waals surface area contributed by atoms with Crippen LogP contribution in [0.3, 0.4) is 0 Å². The summed E-state index contributed by atoms with van der Waals surface area (Å²) in [7, 11) is 1.72. The van der Waals surface area contributed by atoms with Gasteiger partial charge in [0.25, 0.3) is 11.8 Å². The molecule has 2 N–H and O–H groups in total. The van der Waals surface area contributed by atoms with Crippen LogP contribution in [0.1, 0.15) is 27.2 Å². The van der Waals surface area contributed by atoms with Crippen LogP contribution in [-0.2, 0) is 9.59 Å². The summed E-state index contributed by atoms with van der Waals surface area (Å²) in [5.41, 5.74) is 2.05. The van der Waals surface area contributed by atoms with Crippen LogP contribution >= 0.6 is 11.6 Å². The number of amidine groups is 1. The Labute approximate surface area is 123 Å². The van der Waals surface area contributed by atoms with Crippen LogP contribution in [-0.4, -0.2) is 29.6 Å². The van der Waals surface area contributed by atoms with E-state index in [1.54, 1.807) is 7.05 Å². The molecule has 0 aromatic heterocycles. The van der Waals surface area contributed by atoms with E-state index < -0.39 is 11.8 Å². The number of allylic oxidation sites excluding steroid dienone is 2. The Balaban J connectivity index is 2.94. The molecule has 0 saturated carbocycles. The van der Waals surface area contributed by atoms with Crippen molar-refractivity contribution in [3.8, 4) is 0 Å². The molecule has 0 bridgehead atoms. The summed E-state index contributed by atoms with van der Waals surface area (Å²) in [6.45, 7) is 5.42. The lowest BCUT2D eigenvalue weighted by molar-refractivity contribution is -0.132. The van der Waals surface area contributed by atoms with Crippen molar-refractivity contribution in [1.29, 1.82) is 5.41 Å². The molecule has 0 aromatic carbocycles. The maximum absolute atomic E-state index is 11.9. The predicted molar refractivity (Wildman–Crippen MR) is 79.3 cm³/mol. The summed E-state index contributed by atoms with van der Waals surface area (Å²) in [5, 5.41) is 10.7. The van der Waals surface area contributed by atoms with Crippen molar-refractivity contribution in [2.45, 2.75) is 27.2 Å². The third-order valence-corrected chi connectivity index (χ3v) is 3.29. The Morgan fingerprint density at radius 1 is 1.35 bits per heavy atom. The minimum atomic E-state index is -0.645. The van der Waals surface area contributed by atoms with E-state index in [2.05, 4.69) is 5.32 Å². The van der Waals surface area contributed by atoms with Crippen LogP contribution in [0, 0.1) is 5.41 Å². The molecule has 2 amide bonds. The van der Waals surface area contributed by atoms with E-state index in [4.69, 9.17) is 17.0 Å². The lowest BCUT2D eigenvalue weighted by atomic mass is 10.2. The lowest BCUT2D eigenvalue weighted by Gasteiger charge is -2.14. The Hall–Kier alpha value is -1.88. The average Bonchev–Trinajstić information content (AvgIpc) is 2.58. The number of amides is 2. The van der Waals surface area contributed by atoms with Gasteiger partial charge in [-0.2, -0.15) is 0 Å². The van der Waals surface area contributed by atoms with Gasteiger partial charge in [0.1, 0.15) is 10.9 Å². The fraction of sp³-hybridized carbons (Fsp3) is 0.357. The van der Waals surface area contributed by atoms with Crippen LogP contribution in [0.5, 0.6) is 0 Å². The van der Waals surface area contributed by atoms with Gasteiger partial charge < -0.3 is 5.32 Å². The van der Waals surface area contributed by atoms with Crippen LogP contribution < -0.4 is 5.32 Å². The van der Waals surface area contributed by atoms with Crippen LogP contribution in [0.15, 0.2) is 34.0 Å². The normalized spacial score (nSPS) is 15.8. The van der Waals surface area contributed by atoms with Gasteiger partial charge in [-0.05, 0) is 20.8 Å². The maximum Gasteiger partial charge on any atom is 0.278 e. The van der Waals surface area contributed by atoms with Crippen molar-refractivity contribution in [2.75, 3.05) is 7.05 Å². The molecule has 1 rings (SSSR count). The molecule has 108 valence electrons. The lowest BCUT2D eigenvalue weighted by Crippen LogP contribution is -2.36. The molecule has 0 spiro atoms. The van der Waals surface area contributed by atoms with Gasteiger partial charge in [-0.3, -0.25) is 15.0 Å². The van der Waals surface area contributed by atoms with Crippen molar-refractivity contribution in [3.63, 3.8) is 0 Å². The van der Waals surface area contributed by atoms with Crippen molar-refractivity contribution in [1.82, 2.24) is 10.2 Å². The number of halogens is 1. The first kappa shape index (κ1) is 16.2. The standard InChI is InChI=1S/C14H18ClN3O2/c1-8(2)5-6-10(17-4)7-11(16)18-13(19)9(3)12(15)14(18)20/h5,7,16-17H,6H2,1-4H3/b10-7-,16-11?. The highest BCUT2D eigenvalue weighted by atomic mass is 35.5. The first-order chi connectivity index (χ1) is 9.29. The predicted octanol–water partition coefficient (Wildman–Crippen LogP) is 2.30. The highest BCUT2D eigenvalue weighted by Crippen LogP contribution is 2.23. The van der Waals surface area contributed by atoms with Crippen LogP contribution in [0.2, 0.25) is 0 Å². The first-order valence-corrected chi connectivity index (χ1v) is 6.52. The van der Waals surface area contributed by atoms with Gasteiger partial charge in [0.15, 0.2) is 0 Å². The highest BCUT2D eigenvalue weighted by Gasteiger charge is 2.37. The summed E-state index contributed by atoms with van der Waals surface area (Å²) < 4.78 is 0. The number of nitrogens with zero attached hydrogens (tertiary/aromatic N) is 1. The minimum absolute atomic E-state index is 0.122. The van der Waals surface area contributed by atoms with Crippen molar-refractivity contribution < 1.29 is 9.59 Å². The molecule has 0 saturated heterocycles. The van der Waals surface area contributed by atoms with Crippen molar-refractivity contribution >= 4 is 29.3 Å². The Kier molecular flexibility index (Phi) is 5.27. The van der Waals surface area contributed by atoms with Gasteiger partial charge in [0.2, 0.25) is 0 Å². The van der Waals surface area contributed by atoms with Gasteiger partial charge in [-0.1, -0.05) is 23.3 Å². The van der Waals surface area contributed by atoms with E-state index in [0.717, 1.165) is 16.2 Å². The number of carbonyl (C=O) groups excluding carboxylic acids is 2. The Bertz CT molecular complexity index is 531. The van der Waals surface area contributed by atoms with E-state index in [1.807, 2.05) is 19.9 Å². The molecule has 0 fully saturated rings. The van der Waals surface area contributed by atoms with Gasteiger partial charge in [0.05, 0.1) is 0 Å². The number of hydrogen-bond donors (Lipinski definition) is 2. The summed E-state index contributed by atoms with van der Waals surface area (Å²) in [6, 6.07) is 0. The molecule has 5 nitrogen and oxygen atoms in total. The zero-order valence-electron chi connectivity index (χ0n) is 12.0. The van der Waals surface area contributed by atoms with E-state index in [1.165, 1.54) is 13.0 Å². The van der Waals surface area contributed by atoms with Gasteiger partial charge in [-0.25, -0.2) is 4.90 Å². The van der Waals surface area contributed by atoms with E-state index in [0.29, 0.717) is 6.42 Å². The van der Waals surface area contributed by atoms with E-state index in [-0.39, 0.29) is 16.4 Å². The summed E-state index contributed by atoms with van der Waals surface area (Å²) in [4.78, 5) is 24.5. The molecular formula is C14H18ClN3O2. The fourth-order valence-corrected chi connectivity index (χ4v) is 1.77. The molecular weight excluding hydrogens is 278 g/mol. The third-order valence-electron chi connectivity index (χ3n) is 2.85. The molecule has 20 heavy (non-hydrogen) atoms. The van der Waals surface area contributed by atoms with Gasteiger partial charge in [-0.15, -0.1) is 0 Å². The van der Waals surface area contributed by atoms with Crippen molar-refractivity contribution in [3.05, 3.63) is 34.0 Å². The summed E-state index contributed by atoms with van der Waals surface area (Å²) in [6.07, 6.45) is 4.04. The highest BCUT2D eigenvalue weighted by molar-refractivity contribution is 6.50. The molecule has 6 heteroatoms. The second-order valence-electron chi connectivity index (χ2n) is 4.68. The number of hydrogen-bond acceptors (Lipinski definition) is 4. The third kappa shape index (κ3) is 3.36. The van der Waals surface area contributed by atoms with Crippen molar-refractivity contribution in [2.24, 2.45) is 0 Å². The van der Waals surface area contributed by atoms with E-state index >= 15 is 0 Å². The SMILES string of the molecule is CN/C(=C\C(=N)N1C(=O)C(C)=C(Cl)C1=O)CC=C(C)C. The zero-order chi connectivity index (χ0) is 15.4. The minimum Gasteiger partial charge on any atom is -0.391 e. The second-order valence-corrected chi connectivity index (χ2v) is 5.05. The molecule has 1 aliphatic rings. The van der Waals surface area contributed by atoms with Crippen LogP contribution in [0.25, 0.3) is 0 Å². The fourth-order valence-electron chi connectivity index (χ4n) is 1.61. The topological polar surface area (TPSA) is 73.3 Å². The monoisotopic (exact) mass is 295 g/mol. The Morgan fingerprint density at radius 2 is 1.95 bits per heavy atom. The summed E-state index contributed by atoms with van der Waals surface area (Å²) in [5.74, 6) is -1.38. The largest absolute Gasteiger partial charge is 0.391 e. The quantitative estimate of drug-likeness (QED) is 0.362. The Morgan fingerprint density at radius 3 is 2.35 bits per heavy atom. The number of carbonyl (C=O) groups is 2. The molecule has 1 aliphatic heterocycles. The van der Waals surface area contributed by atoms with Crippen LogP contribution in [0.4, 0.5) is 0 Å². The molecule has 0 aliphatic carbocycles.